The predicted molar refractivity (Wildman–Crippen MR) is 73.2 cm³/mol. The summed E-state index contributed by atoms with van der Waals surface area (Å²) in [7, 11) is 0. The van der Waals surface area contributed by atoms with Gasteiger partial charge in [0.15, 0.2) is 0 Å². The van der Waals surface area contributed by atoms with Crippen molar-refractivity contribution in [2.45, 2.75) is 38.9 Å². The number of para-hydroxylation sites is 1. The maximum Gasteiger partial charge on any atom is 0.122 e. The van der Waals surface area contributed by atoms with Crippen LogP contribution in [0.25, 0.3) is 0 Å². The minimum Gasteiger partial charge on any atom is -0.491 e. The number of nitrogens with one attached hydrogen (secondary N) is 1. The minimum atomic E-state index is 0.147. The van der Waals surface area contributed by atoms with Gasteiger partial charge in [0.05, 0.1) is 6.10 Å². The molecule has 18 heavy (non-hydrogen) atoms. The van der Waals surface area contributed by atoms with E-state index in [1.54, 1.807) is 0 Å². The lowest BCUT2D eigenvalue weighted by Crippen LogP contribution is -2.45. The molecule has 0 aliphatic carbocycles. The molecular weight excluding hydrogens is 226 g/mol. The van der Waals surface area contributed by atoms with Gasteiger partial charge in [0.1, 0.15) is 18.5 Å². The van der Waals surface area contributed by atoms with Crippen LogP contribution in [0, 0.1) is 0 Å². The van der Waals surface area contributed by atoms with Gasteiger partial charge in [0.25, 0.3) is 0 Å². The second kappa shape index (κ2) is 6.21. The van der Waals surface area contributed by atoms with Gasteiger partial charge in [0, 0.05) is 13.1 Å². The Morgan fingerprint density at radius 3 is 2.83 bits per heavy atom. The fourth-order valence-electron chi connectivity index (χ4n) is 2.24. The predicted octanol–water partition coefficient (Wildman–Crippen LogP) is 2.57. The van der Waals surface area contributed by atoms with Crippen LogP contribution in [0.15, 0.2) is 24.3 Å². The van der Waals surface area contributed by atoms with Crippen LogP contribution in [0.1, 0.15) is 32.3 Å². The van der Waals surface area contributed by atoms with Crippen LogP contribution in [-0.2, 0) is 4.74 Å². The van der Waals surface area contributed by atoms with Crippen LogP contribution in [0.4, 0.5) is 0 Å². The fourth-order valence-corrected chi connectivity index (χ4v) is 2.24. The van der Waals surface area contributed by atoms with Gasteiger partial charge in [0.2, 0.25) is 0 Å². The number of hydrogen-bond donors (Lipinski definition) is 1. The highest BCUT2D eigenvalue weighted by atomic mass is 16.5. The van der Waals surface area contributed by atoms with Gasteiger partial charge in [-0.1, -0.05) is 32.0 Å². The van der Waals surface area contributed by atoms with Gasteiger partial charge in [-0.3, -0.25) is 0 Å². The average molecular weight is 249 g/mol. The summed E-state index contributed by atoms with van der Waals surface area (Å²) in [6, 6.07) is 8.24. The third kappa shape index (κ3) is 3.47. The lowest BCUT2D eigenvalue weighted by molar-refractivity contribution is -0.0471. The molecule has 1 saturated heterocycles. The van der Waals surface area contributed by atoms with Crippen LogP contribution in [0.3, 0.4) is 0 Å². The van der Waals surface area contributed by atoms with Gasteiger partial charge in [-0.2, -0.15) is 0 Å². The molecule has 0 saturated carbocycles. The van der Waals surface area contributed by atoms with E-state index in [0.29, 0.717) is 12.5 Å². The van der Waals surface area contributed by atoms with Crippen molar-refractivity contribution in [2.24, 2.45) is 0 Å². The first-order valence-electron chi connectivity index (χ1n) is 6.74. The van der Waals surface area contributed by atoms with E-state index in [9.17, 15) is 0 Å². The minimum absolute atomic E-state index is 0.147. The Morgan fingerprint density at radius 2 is 2.11 bits per heavy atom. The van der Waals surface area contributed by atoms with Gasteiger partial charge >= 0.3 is 0 Å². The highest BCUT2D eigenvalue weighted by molar-refractivity contribution is 5.35. The highest BCUT2D eigenvalue weighted by Gasteiger charge is 2.19. The van der Waals surface area contributed by atoms with Crippen molar-refractivity contribution < 1.29 is 9.47 Å². The quantitative estimate of drug-likeness (QED) is 0.889. The zero-order valence-electron chi connectivity index (χ0n) is 11.5. The molecule has 1 heterocycles. The average Bonchev–Trinajstić information content (AvgIpc) is 2.37. The van der Waals surface area contributed by atoms with Gasteiger partial charge in [-0.05, 0) is 24.5 Å². The van der Waals surface area contributed by atoms with Crippen molar-refractivity contribution in [1.82, 2.24) is 5.32 Å². The third-order valence-electron chi connectivity index (χ3n) is 3.19. The molecule has 2 rings (SSSR count). The van der Waals surface area contributed by atoms with Crippen molar-refractivity contribution >= 4 is 0 Å². The van der Waals surface area contributed by atoms with Crippen molar-refractivity contribution in [3.8, 4) is 5.75 Å². The number of ether oxygens (including phenoxy) is 2. The number of rotatable bonds is 4. The van der Waals surface area contributed by atoms with E-state index in [-0.39, 0.29) is 12.2 Å². The molecule has 0 aromatic heterocycles. The monoisotopic (exact) mass is 249 g/mol. The van der Waals surface area contributed by atoms with Crippen LogP contribution in [0.5, 0.6) is 5.75 Å². The molecule has 0 amide bonds. The molecule has 0 radical (unpaired) electrons. The summed E-state index contributed by atoms with van der Waals surface area (Å²) in [6.45, 7) is 8.86. The van der Waals surface area contributed by atoms with Crippen LogP contribution in [0.2, 0.25) is 0 Å². The summed E-state index contributed by atoms with van der Waals surface area (Å²) in [5, 5.41) is 3.35. The van der Waals surface area contributed by atoms with Crippen molar-refractivity contribution in [3.05, 3.63) is 29.8 Å². The first kappa shape index (κ1) is 13.4. The summed E-state index contributed by atoms with van der Waals surface area (Å²) in [4.78, 5) is 0. The molecular formula is C15H23NO2. The van der Waals surface area contributed by atoms with Crippen LogP contribution < -0.4 is 10.1 Å². The Kier molecular flexibility index (Phi) is 4.61. The maximum absolute atomic E-state index is 5.92. The SMILES string of the molecule is CC1CNCC(COc2ccccc2C(C)C)O1. The zero-order valence-corrected chi connectivity index (χ0v) is 11.5. The van der Waals surface area contributed by atoms with Gasteiger partial charge in [-0.25, -0.2) is 0 Å². The molecule has 3 nitrogen and oxygen atoms in total. The molecule has 2 atom stereocenters. The second-order valence-electron chi connectivity index (χ2n) is 5.23. The van der Waals surface area contributed by atoms with Crippen molar-refractivity contribution in [1.29, 1.82) is 0 Å². The number of hydrogen-bond acceptors (Lipinski definition) is 3. The smallest absolute Gasteiger partial charge is 0.122 e. The van der Waals surface area contributed by atoms with E-state index in [4.69, 9.17) is 9.47 Å². The lowest BCUT2D eigenvalue weighted by atomic mass is 10.0. The van der Waals surface area contributed by atoms with E-state index in [2.05, 4.69) is 38.2 Å². The molecule has 1 aromatic rings. The molecule has 100 valence electrons. The molecule has 1 fully saturated rings. The van der Waals surface area contributed by atoms with E-state index in [1.165, 1.54) is 5.56 Å². The molecule has 1 aliphatic heterocycles. The van der Waals surface area contributed by atoms with Crippen LogP contribution >= 0.6 is 0 Å². The summed E-state index contributed by atoms with van der Waals surface area (Å²) in [5.41, 5.74) is 1.26. The topological polar surface area (TPSA) is 30.5 Å². The summed E-state index contributed by atoms with van der Waals surface area (Å²) in [5.74, 6) is 1.46. The van der Waals surface area contributed by atoms with E-state index >= 15 is 0 Å². The number of benzene rings is 1. The molecule has 3 heteroatoms. The standard InChI is InChI=1S/C15H23NO2/c1-11(2)14-6-4-5-7-15(14)17-10-13-9-16-8-12(3)18-13/h4-7,11-13,16H,8-10H2,1-3H3. The Hall–Kier alpha value is -1.06. The first-order valence-corrected chi connectivity index (χ1v) is 6.74. The molecule has 1 aliphatic rings. The summed E-state index contributed by atoms with van der Waals surface area (Å²) in [6.07, 6.45) is 0.418. The lowest BCUT2D eigenvalue weighted by Gasteiger charge is -2.29. The molecule has 0 bridgehead atoms. The number of morpholine rings is 1. The third-order valence-corrected chi connectivity index (χ3v) is 3.19. The maximum atomic E-state index is 5.92. The van der Waals surface area contributed by atoms with Gasteiger partial charge < -0.3 is 14.8 Å². The Balaban J connectivity index is 1.93. The molecule has 1 N–H and O–H groups in total. The summed E-state index contributed by atoms with van der Waals surface area (Å²) >= 11 is 0. The highest BCUT2D eigenvalue weighted by Crippen LogP contribution is 2.26. The summed E-state index contributed by atoms with van der Waals surface area (Å²) < 4.78 is 11.7. The molecule has 0 spiro atoms. The van der Waals surface area contributed by atoms with E-state index < -0.39 is 0 Å². The van der Waals surface area contributed by atoms with Crippen LogP contribution in [-0.4, -0.2) is 31.9 Å². The molecule has 1 aromatic carbocycles. The Bertz CT molecular complexity index is 379. The Labute approximate surface area is 109 Å². The Morgan fingerprint density at radius 1 is 1.33 bits per heavy atom. The zero-order chi connectivity index (χ0) is 13.0. The first-order chi connectivity index (χ1) is 8.66. The van der Waals surface area contributed by atoms with E-state index in [1.807, 2.05) is 12.1 Å². The molecule has 2 unspecified atom stereocenters. The largest absolute Gasteiger partial charge is 0.491 e. The second-order valence-corrected chi connectivity index (χ2v) is 5.23. The van der Waals surface area contributed by atoms with E-state index in [0.717, 1.165) is 18.8 Å². The normalized spacial score (nSPS) is 24.2. The van der Waals surface area contributed by atoms with Crippen molar-refractivity contribution in [3.63, 3.8) is 0 Å². The fraction of sp³-hybridized carbons (Fsp3) is 0.600. The van der Waals surface area contributed by atoms with Gasteiger partial charge in [-0.15, -0.1) is 0 Å². The van der Waals surface area contributed by atoms with Crippen molar-refractivity contribution in [2.75, 3.05) is 19.7 Å².